The second-order valence-electron chi connectivity index (χ2n) is 5.66. The molecule has 0 bridgehead atoms. The summed E-state index contributed by atoms with van der Waals surface area (Å²) in [6.07, 6.45) is 2.14. The highest BCUT2D eigenvalue weighted by Crippen LogP contribution is 2.26. The van der Waals surface area contributed by atoms with Gasteiger partial charge in [-0.25, -0.2) is 27.3 Å². The van der Waals surface area contributed by atoms with Crippen molar-refractivity contribution in [3.05, 3.63) is 47.5 Å². The number of anilines is 2. The molecule has 3 rings (SSSR count). The lowest BCUT2D eigenvalue weighted by molar-refractivity contribution is 0.0697. The van der Waals surface area contributed by atoms with Gasteiger partial charge in [0.25, 0.3) is 0 Å². The van der Waals surface area contributed by atoms with Gasteiger partial charge in [-0.3, -0.25) is 0 Å². The van der Waals surface area contributed by atoms with E-state index in [9.17, 15) is 22.7 Å². The Balaban J connectivity index is 2.21. The van der Waals surface area contributed by atoms with Gasteiger partial charge in [0.2, 0.25) is 10.0 Å². The lowest BCUT2D eigenvalue weighted by atomic mass is 10.2. The molecule has 9 nitrogen and oxygen atoms in total. The van der Waals surface area contributed by atoms with Crippen LogP contribution in [0.2, 0.25) is 0 Å². The molecule has 0 saturated heterocycles. The van der Waals surface area contributed by atoms with Crippen LogP contribution >= 0.6 is 0 Å². The van der Waals surface area contributed by atoms with Crippen LogP contribution in [-0.2, 0) is 10.0 Å². The van der Waals surface area contributed by atoms with Crippen LogP contribution in [0.5, 0.6) is 0 Å². The van der Waals surface area contributed by atoms with E-state index in [1.165, 1.54) is 18.2 Å². The van der Waals surface area contributed by atoms with Crippen molar-refractivity contribution < 1.29 is 22.7 Å². The number of carboxylic acid groups (broad SMARTS) is 1. The number of aromatic nitrogens is 3. The van der Waals surface area contributed by atoms with Gasteiger partial charge < -0.3 is 10.4 Å². The van der Waals surface area contributed by atoms with E-state index >= 15 is 0 Å². The van der Waals surface area contributed by atoms with Gasteiger partial charge in [0.1, 0.15) is 16.3 Å². The van der Waals surface area contributed by atoms with Gasteiger partial charge >= 0.3 is 5.97 Å². The molecular formula is C16H16FN5O4S. The predicted octanol–water partition coefficient (Wildman–Crippen LogP) is 1.92. The summed E-state index contributed by atoms with van der Waals surface area (Å²) in [5.41, 5.74) is 0.715. The molecule has 0 atom stereocenters. The number of aromatic carboxylic acids is 1. The highest BCUT2D eigenvalue weighted by atomic mass is 32.2. The Morgan fingerprint density at radius 3 is 2.70 bits per heavy atom. The largest absolute Gasteiger partial charge is 0.477 e. The fraction of sp³-hybridized carbons (Fsp3) is 0.188. The fourth-order valence-electron chi connectivity index (χ4n) is 2.54. The Morgan fingerprint density at radius 1 is 1.33 bits per heavy atom. The van der Waals surface area contributed by atoms with Crippen LogP contribution in [0.25, 0.3) is 5.65 Å². The molecule has 0 spiro atoms. The lowest BCUT2D eigenvalue weighted by Crippen LogP contribution is -2.23. The molecule has 0 amide bonds. The number of hydrogen-bond donors (Lipinski definition) is 3. The quantitative estimate of drug-likeness (QED) is 0.584. The van der Waals surface area contributed by atoms with Crippen LogP contribution in [0.1, 0.15) is 22.8 Å². The van der Waals surface area contributed by atoms with Crippen molar-refractivity contribution in [2.45, 2.75) is 18.7 Å². The SMILES string of the molecule is CCNS(=O)(=O)c1cnn2c(Nc3ccc(F)cc3C)c(C(=O)O)cnc12. The zero-order valence-electron chi connectivity index (χ0n) is 14.4. The van der Waals surface area contributed by atoms with Crippen LogP contribution in [0.3, 0.4) is 0 Å². The first kappa shape index (κ1) is 18.7. The summed E-state index contributed by atoms with van der Waals surface area (Å²) in [7, 11) is -3.85. The molecule has 1 aromatic carbocycles. The van der Waals surface area contributed by atoms with Gasteiger partial charge in [0.15, 0.2) is 11.5 Å². The second-order valence-corrected chi connectivity index (χ2v) is 7.39. The molecular weight excluding hydrogens is 377 g/mol. The minimum absolute atomic E-state index is 0.000145. The second kappa shape index (κ2) is 6.93. The molecule has 0 aliphatic rings. The molecule has 3 aromatic rings. The van der Waals surface area contributed by atoms with Crippen molar-refractivity contribution in [2.24, 2.45) is 0 Å². The summed E-state index contributed by atoms with van der Waals surface area (Å²) in [5.74, 6) is -1.71. The van der Waals surface area contributed by atoms with Gasteiger partial charge in [0, 0.05) is 18.4 Å². The summed E-state index contributed by atoms with van der Waals surface area (Å²) >= 11 is 0. The monoisotopic (exact) mass is 393 g/mol. The van der Waals surface area contributed by atoms with Gasteiger partial charge in [-0.2, -0.15) is 9.61 Å². The van der Waals surface area contributed by atoms with Crippen LogP contribution < -0.4 is 10.0 Å². The third-order valence-corrected chi connectivity index (χ3v) is 5.33. The molecule has 0 fully saturated rings. The summed E-state index contributed by atoms with van der Waals surface area (Å²) in [6, 6.07) is 3.95. The number of fused-ring (bicyclic) bond motifs is 1. The first-order chi connectivity index (χ1) is 12.7. The number of carboxylic acids is 1. The Bertz CT molecular complexity index is 1140. The third kappa shape index (κ3) is 3.46. The summed E-state index contributed by atoms with van der Waals surface area (Å²) < 4.78 is 41.4. The van der Waals surface area contributed by atoms with E-state index in [-0.39, 0.29) is 28.5 Å². The van der Waals surface area contributed by atoms with E-state index in [0.29, 0.717) is 11.3 Å². The standard InChI is InChI=1S/C16H16FN5O4S/c1-3-20-27(25,26)13-8-19-22-14(11(16(23)24)7-18-15(13)22)21-12-5-4-10(17)6-9(12)2/h4-8,20-21H,3H2,1-2H3,(H,23,24). The maximum atomic E-state index is 13.3. The van der Waals surface area contributed by atoms with E-state index < -0.39 is 21.8 Å². The Morgan fingerprint density at radius 2 is 2.07 bits per heavy atom. The molecule has 11 heteroatoms. The van der Waals surface area contributed by atoms with Crippen LogP contribution in [0.15, 0.2) is 35.5 Å². The number of hydrogen-bond acceptors (Lipinski definition) is 6. The number of aryl methyl sites for hydroxylation is 1. The Hall–Kier alpha value is -3.05. The van der Waals surface area contributed by atoms with Gasteiger partial charge in [-0.05, 0) is 30.7 Å². The molecule has 0 unspecified atom stereocenters. The molecule has 2 heterocycles. The lowest BCUT2D eigenvalue weighted by Gasteiger charge is -2.13. The van der Waals surface area contributed by atoms with Crippen molar-refractivity contribution in [3.63, 3.8) is 0 Å². The Labute approximate surface area is 153 Å². The summed E-state index contributed by atoms with van der Waals surface area (Å²) in [6.45, 7) is 3.45. The van der Waals surface area contributed by atoms with Gasteiger partial charge in [-0.1, -0.05) is 6.92 Å². The highest BCUT2D eigenvalue weighted by Gasteiger charge is 2.24. The number of nitrogens with one attached hydrogen (secondary N) is 2. The smallest absolute Gasteiger partial charge is 0.341 e. The number of halogens is 1. The van der Waals surface area contributed by atoms with Crippen molar-refractivity contribution in [1.82, 2.24) is 19.3 Å². The summed E-state index contributed by atoms with van der Waals surface area (Å²) in [5, 5.41) is 16.3. The van der Waals surface area contributed by atoms with Crippen molar-refractivity contribution in [1.29, 1.82) is 0 Å². The maximum absolute atomic E-state index is 13.3. The average molecular weight is 393 g/mol. The molecule has 3 N–H and O–H groups in total. The number of sulfonamides is 1. The molecule has 2 aromatic heterocycles. The Kier molecular flexibility index (Phi) is 4.81. The molecule has 142 valence electrons. The maximum Gasteiger partial charge on any atom is 0.341 e. The average Bonchev–Trinajstić information content (AvgIpc) is 3.02. The predicted molar refractivity (Wildman–Crippen MR) is 95.2 cm³/mol. The molecule has 27 heavy (non-hydrogen) atoms. The fourth-order valence-corrected chi connectivity index (χ4v) is 3.64. The van der Waals surface area contributed by atoms with E-state index in [2.05, 4.69) is 20.1 Å². The van der Waals surface area contributed by atoms with Crippen molar-refractivity contribution in [2.75, 3.05) is 11.9 Å². The first-order valence-corrected chi connectivity index (χ1v) is 9.35. The van der Waals surface area contributed by atoms with Crippen LogP contribution in [0, 0.1) is 12.7 Å². The molecule has 0 aliphatic heterocycles. The number of nitrogens with zero attached hydrogens (tertiary/aromatic N) is 3. The topological polar surface area (TPSA) is 126 Å². The molecule has 0 saturated carbocycles. The molecule has 0 aliphatic carbocycles. The van der Waals surface area contributed by atoms with E-state index in [1.807, 2.05) is 0 Å². The number of benzene rings is 1. The van der Waals surface area contributed by atoms with Crippen molar-refractivity contribution >= 4 is 33.1 Å². The van der Waals surface area contributed by atoms with Crippen molar-refractivity contribution in [3.8, 4) is 0 Å². The third-order valence-electron chi connectivity index (χ3n) is 3.79. The van der Waals surface area contributed by atoms with Gasteiger partial charge in [0.05, 0.1) is 6.20 Å². The van der Waals surface area contributed by atoms with Crippen LogP contribution in [-0.4, -0.2) is 40.6 Å². The van der Waals surface area contributed by atoms with Gasteiger partial charge in [-0.15, -0.1) is 0 Å². The summed E-state index contributed by atoms with van der Waals surface area (Å²) in [4.78, 5) is 15.4. The zero-order valence-corrected chi connectivity index (χ0v) is 15.2. The zero-order chi connectivity index (χ0) is 19.8. The number of rotatable bonds is 6. The van der Waals surface area contributed by atoms with E-state index in [0.717, 1.165) is 16.9 Å². The minimum Gasteiger partial charge on any atom is -0.477 e. The van der Waals surface area contributed by atoms with Crippen LogP contribution in [0.4, 0.5) is 15.9 Å². The highest BCUT2D eigenvalue weighted by molar-refractivity contribution is 7.89. The number of carbonyl (C=O) groups is 1. The minimum atomic E-state index is -3.85. The van der Waals surface area contributed by atoms with E-state index in [1.54, 1.807) is 13.8 Å². The normalized spacial score (nSPS) is 11.7. The van der Waals surface area contributed by atoms with E-state index in [4.69, 9.17) is 0 Å². The molecule has 0 radical (unpaired) electrons. The first-order valence-electron chi connectivity index (χ1n) is 7.87.